The highest BCUT2D eigenvalue weighted by Gasteiger charge is 2.35. The topological polar surface area (TPSA) is 86.8 Å². The first kappa shape index (κ1) is 35.2. The number of amides is 2. The Kier molecular flexibility index (Phi) is 11.6. The van der Waals surface area contributed by atoms with Gasteiger partial charge in [0.1, 0.15) is 12.6 Å². The van der Waals surface area contributed by atoms with Crippen molar-refractivity contribution in [2.24, 2.45) is 0 Å². The Labute approximate surface area is 290 Å². The number of carbonyl (C=O) groups excluding carboxylic acids is 2. The molecular weight excluding hydrogens is 642 g/mol. The van der Waals surface area contributed by atoms with Gasteiger partial charge in [-0.05, 0) is 97.8 Å². The van der Waals surface area contributed by atoms with E-state index in [0.717, 1.165) is 64.2 Å². The summed E-state index contributed by atoms with van der Waals surface area (Å²) in [7, 11) is -4.21. The van der Waals surface area contributed by atoms with Crippen LogP contribution in [0.5, 0.6) is 0 Å². The fourth-order valence-electron chi connectivity index (χ4n) is 6.21. The maximum atomic E-state index is 14.8. The van der Waals surface area contributed by atoms with E-state index in [1.807, 2.05) is 81.4 Å². The molecule has 0 aliphatic heterocycles. The van der Waals surface area contributed by atoms with Gasteiger partial charge < -0.3 is 10.2 Å². The molecule has 0 saturated heterocycles. The van der Waals surface area contributed by atoms with Crippen molar-refractivity contribution in [3.8, 4) is 0 Å². The lowest BCUT2D eigenvalue weighted by atomic mass is 9.94. The number of carbonyl (C=O) groups is 2. The van der Waals surface area contributed by atoms with Gasteiger partial charge >= 0.3 is 0 Å². The lowest BCUT2D eigenvalue weighted by Gasteiger charge is -2.35. The van der Waals surface area contributed by atoms with Crippen molar-refractivity contribution in [1.82, 2.24) is 10.2 Å². The van der Waals surface area contributed by atoms with Crippen LogP contribution in [-0.4, -0.2) is 43.8 Å². The highest BCUT2D eigenvalue weighted by molar-refractivity contribution is 7.92. The Hall–Kier alpha value is -4.14. The van der Waals surface area contributed by atoms with Crippen LogP contribution in [0, 0.1) is 20.8 Å². The standard InChI is InChI=1S/C39H44ClN3O4S/c1-28-18-21-35(24-30(28)3)43(48(46,47)36-22-19-33(40)20-23-36)27-38(44)42(26-32-15-11-10-12-29(32)2)37(25-31-13-6-4-7-14-31)39(45)41-34-16-8-5-9-17-34/h4,6-7,10-15,18-24,34,37H,5,8-9,16-17,25-27H2,1-3H3,(H,41,45)/t37-/m0/s1. The molecule has 1 aliphatic rings. The minimum Gasteiger partial charge on any atom is -0.352 e. The Morgan fingerprint density at radius 2 is 1.48 bits per heavy atom. The smallest absolute Gasteiger partial charge is 0.264 e. The van der Waals surface area contributed by atoms with Crippen LogP contribution < -0.4 is 9.62 Å². The first-order chi connectivity index (χ1) is 23.0. The van der Waals surface area contributed by atoms with Gasteiger partial charge in [0.2, 0.25) is 11.8 Å². The lowest BCUT2D eigenvalue weighted by Crippen LogP contribution is -2.55. The molecule has 9 heteroatoms. The number of anilines is 1. The van der Waals surface area contributed by atoms with E-state index >= 15 is 0 Å². The van der Waals surface area contributed by atoms with Crippen LogP contribution in [0.4, 0.5) is 5.69 Å². The zero-order valence-electron chi connectivity index (χ0n) is 27.9. The van der Waals surface area contributed by atoms with Crippen molar-refractivity contribution in [2.45, 2.75) is 82.8 Å². The van der Waals surface area contributed by atoms with Crippen LogP contribution in [0.1, 0.15) is 59.9 Å². The summed E-state index contributed by atoms with van der Waals surface area (Å²) in [6.45, 7) is 5.47. The molecule has 0 bridgehead atoms. The number of rotatable bonds is 12. The molecule has 2 amide bonds. The molecule has 4 aromatic rings. The van der Waals surface area contributed by atoms with Crippen LogP contribution in [0.3, 0.4) is 0 Å². The van der Waals surface area contributed by atoms with Crippen LogP contribution in [0.2, 0.25) is 5.02 Å². The summed E-state index contributed by atoms with van der Waals surface area (Å²) in [6.07, 6.45) is 5.32. The van der Waals surface area contributed by atoms with Crippen molar-refractivity contribution >= 4 is 39.1 Å². The van der Waals surface area contributed by atoms with Crippen molar-refractivity contribution in [3.63, 3.8) is 0 Å². The number of hydrogen-bond acceptors (Lipinski definition) is 4. The van der Waals surface area contributed by atoms with Gasteiger partial charge in [-0.1, -0.05) is 91.5 Å². The summed E-state index contributed by atoms with van der Waals surface area (Å²) in [5, 5.41) is 3.66. The van der Waals surface area contributed by atoms with Crippen molar-refractivity contribution in [3.05, 3.63) is 130 Å². The molecule has 1 N–H and O–H groups in total. The van der Waals surface area contributed by atoms with Crippen LogP contribution in [0.15, 0.2) is 102 Å². The summed E-state index contributed by atoms with van der Waals surface area (Å²) in [6, 6.07) is 27.8. The Morgan fingerprint density at radius 1 is 0.812 bits per heavy atom. The number of aryl methyl sites for hydroxylation is 3. The minimum absolute atomic E-state index is 0.0132. The molecule has 0 radical (unpaired) electrons. The van der Waals surface area contributed by atoms with E-state index in [0.29, 0.717) is 10.7 Å². The van der Waals surface area contributed by atoms with Gasteiger partial charge in [-0.2, -0.15) is 0 Å². The monoisotopic (exact) mass is 685 g/mol. The third-order valence-electron chi connectivity index (χ3n) is 9.28. The van der Waals surface area contributed by atoms with Gasteiger partial charge in [-0.25, -0.2) is 8.42 Å². The molecule has 0 unspecified atom stereocenters. The van der Waals surface area contributed by atoms with E-state index in [2.05, 4.69) is 5.32 Å². The van der Waals surface area contributed by atoms with Crippen LogP contribution in [0.25, 0.3) is 0 Å². The zero-order valence-corrected chi connectivity index (χ0v) is 29.4. The fourth-order valence-corrected chi connectivity index (χ4v) is 7.74. The second kappa shape index (κ2) is 15.8. The quantitative estimate of drug-likeness (QED) is 0.167. The Bertz CT molecular complexity index is 1820. The van der Waals surface area contributed by atoms with E-state index in [9.17, 15) is 18.0 Å². The number of nitrogens with zero attached hydrogens (tertiary/aromatic N) is 2. The minimum atomic E-state index is -4.21. The molecule has 1 aliphatic carbocycles. The molecule has 48 heavy (non-hydrogen) atoms. The summed E-state index contributed by atoms with van der Waals surface area (Å²) < 4.78 is 29.7. The second-order valence-electron chi connectivity index (χ2n) is 12.7. The second-order valence-corrected chi connectivity index (χ2v) is 15.0. The lowest BCUT2D eigenvalue weighted by molar-refractivity contribution is -0.140. The van der Waals surface area contributed by atoms with Crippen LogP contribution >= 0.6 is 11.6 Å². The van der Waals surface area contributed by atoms with Gasteiger partial charge in [0.25, 0.3) is 10.0 Å². The Balaban J connectivity index is 1.58. The first-order valence-corrected chi connectivity index (χ1v) is 18.4. The third kappa shape index (κ3) is 8.65. The number of hydrogen-bond donors (Lipinski definition) is 1. The van der Waals surface area contributed by atoms with Crippen molar-refractivity contribution in [1.29, 1.82) is 0 Å². The summed E-state index contributed by atoms with van der Waals surface area (Å²) in [5.74, 6) is -0.709. The molecule has 1 fully saturated rings. The summed E-state index contributed by atoms with van der Waals surface area (Å²) in [5.41, 5.74) is 5.01. The molecule has 0 aromatic heterocycles. The third-order valence-corrected chi connectivity index (χ3v) is 11.3. The molecule has 7 nitrogen and oxygen atoms in total. The predicted octanol–water partition coefficient (Wildman–Crippen LogP) is 7.55. The normalized spacial score (nSPS) is 14.2. The molecular formula is C39H44ClN3O4S. The average Bonchev–Trinajstić information content (AvgIpc) is 3.08. The molecule has 5 rings (SSSR count). The molecule has 1 atom stereocenters. The van der Waals surface area contributed by atoms with E-state index in [1.54, 1.807) is 17.0 Å². The molecule has 4 aromatic carbocycles. The SMILES string of the molecule is Cc1ccc(N(CC(=O)N(Cc2ccccc2C)[C@@H](Cc2ccccc2)C(=O)NC2CCCCC2)S(=O)(=O)c2ccc(Cl)cc2)cc1C. The number of benzene rings is 4. The molecule has 252 valence electrons. The largest absolute Gasteiger partial charge is 0.352 e. The highest BCUT2D eigenvalue weighted by Crippen LogP contribution is 2.28. The Morgan fingerprint density at radius 3 is 2.15 bits per heavy atom. The van der Waals surface area contributed by atoms with Crippen molar-refractivity contribution < 1.29 is 18.0 Å². The number of sulfonamides is 1. The zero-order chi connectivity index (χ0) is 34.3. The number of nitrogens with one attached hydrogen (secondary N) is 1. The van der Waals surface area contributed by atoms with Gasteiger partial charge in [-0.15, -0.1) is 0 Å². The summed E-state index contributed by atoms with van der Waals surface area (Å²) in [4.78, 5) is 30.6. The van der Waals surface area contributed by atoms with E-state index < -0.39 is 28.5 Å². The summed E-state index contributed by atoms with van der Waals surface area (Å²) >= 11 is 6.11. The van der Waals surface area contributed by atoms with Gasteiger partial charge in [0.15, 0.2) is 0 Å². The van der Waals surface area contributed by atoms with Gasteiger partial charge in [0.05, 0.1) is 10.6 Å². The molecule has 0 spiro atoms. The van der Waals surface area contributed by atoms with E-state index in [4.69, 9.17) is 11.6 Å². The van der Waals surface area contributed by atoms with E-state index in [1.165, 1.54) is 24.3 Å². The fraction of sp³-hybridized carbons (Fsp3) is 0.333. The number of halogens is 1. The van der Waals surface area contributed by atoms with Gasteiger partial charge in [-0.3, -0.25) is 13.9 Å². The van der Waals surface area contributed by atoms with Gasteiger partial charge in [0, 0.05) is 24.0 Å². The molecule has 1 saturated carbocycles. The average molecular weight is 686 g/mol. The predicted molar refractivity (Wildman–Crippen MR) is 193 cm³/mol. The van der Waals surface area contributed by atoms with Crippen molar-refractivity contribution in [2.75, 3.05) is 10.8 Å². The highest BCUT2D eigenvalue weighted by atomic mass is 35.5. The maximum Gasteiger partial charge on any atom is 0.264 e. The molecule has 0 heterocycles. The van der Waals surface area contributed by atoms with Crippen LogP contribution in [-0.2, 0) is 32.6 Å². The van der Waals surface area contributed by atoms with E-state index in [-0.39, 0.29) is 29.8 Å². The first-order valence-electron chi connectivity index (χ1n) is 16.6. The maximum absolute atomic E-state index is 14.8.